The minimum atomic E-state index is -0.544. The van der Waals surface area contributed by atoms with Crippen LogP contribution in [0.3, 0.4) is 0 Å². The Morgan fingerprint density at radius 2 is 2.25 bits per heavy atom. The van der Waals surface area contributed by atoms with Gasteiger partial charge in [0, 0.05) is 5.56 Å². The van der Waals surface area contributed by atoms with Crippen LogP contribution in [0.2, 0.25) is 0 Å². The highest BCUT2D eigenvalue weighted by Gasteiger charge is 2.14. The monoisotopic (exact) mass is 217 g/mol. The molecule has 0 aliphatic carbocycles. The zero-order valence-electron chi connectivity index (χ0n) is 9.11. The Kier molecular flexibility index (Phi) is 3.78. The molecule has 0 saturated heterocycles. The maximum atomic E-state index is 11.5. The van der Waals surface area contributed by atoms with Gasteiger partial charge in [-0.25, -0.2) is 4.79 Å². The van der Waals surface area contributed by atoms with E-state index in [1.165, 1.54) is 12.1 Å². The normalized spacial score (nSPS) is 9.31. The van der Waals surface area contributed by atoms with E-state index in [4.69, 9.17) is 10.00 Å². The molecule has 4 heteroatoms. The van der Waals surface area contributed by atoms with Gasteiger partial charge in [-0.3, -0.25) is 4.79 Å². The molecule has 16 heavy (non-hydrogen) atoms. The van der Waals surface area contributed by atoms with Gasteiger partial charge in [0.05, 0.1) is 23.8 Å². The van der Waals surface area contributed by atoms with Gasteiger partial charge in [-0.2, -0.15) is 5.26 Å². The predicted molar refractivity (Wildman–Crippen MR) is 57.2 cm³/mol. The number of carbonyl (C=O) groups excluding carboxylic acids is 2. The zero-order chi connectivity index (χ0) is 12.1. The molecule has 0 saturated carbocycles. The fourth-order valence-electron chi connectivity index (χ4n) is 1.33. The van der Waals surface area contributed by atoms with Gasteiger partial charge in [0.25, 0.3) is 0 Å². The second kappa shape index (κ2) is 5.08. The molecule has 0 radical (unpaired) electrons. The van der Waals surface area contributed by atoms with E-state index in [0.717, 1.165) is 0 Å². The van der Waals surface area contributed by atoms with Gasteiger partial charge in [0.2, 0.25) is 0 Å². The van der Waals surface area contributed by atoms with E-state index in [9.17, 15) is 9.59 Å². The number of hydrogen-bond acceptors (Lipinski definition) is 4. The van der Waals surface area contributed by atoms with Crippen LogP contribution in [0.1, 0.15) is 38.8 Å². The third kappa shape index (κ3) is 2.26. The van der Waals surface area contributed by atoms with Gasteiger partial charge in [0.1, 0.15) is 0 Å². The molecule has 0 atom stereocenters. The summed E-state index contributed by atoms with van der Waals surface area (Å²) in [5, 5.41) is 8.79. The van der Waals surface area contributed by atoms with Crippen LogP contribution >= 0.6 is 0 Å². The van der Waals surface area contributed by atoms with Gasteiger partial charge >= 0.3 is 5.97 Å². The van der Waals surface area contributed by atoms with Crippen LogP contribution in [0.4, 0.5) is 0 Å². The van der Waals surface area contributed by atoms with Gasteiger partial charge in [-0.15, -0.1) is 0 Å². The third-order valence-corrected chi connectivity index (χ3v) is 2.14. The maximum absolute atomic E-state index is 11.5. The van der Waals surface area contributed by atoms with E-state index in [1.54, 1.807) is 13.8 Å². The largest absolute Gasteiger partial charge is 0.462 e. The Labute approximate surface area is 93.5 Å². The summed E-state index contributed by atoms with van der Waals surface area (Å²) in [6, 6.07) is 4.85. The standard InChI is InChI=1S/C12H11NO3/c1-3-16-12(15)11-4-8(2)9(6-13)5-10(11)7-14/h4-5,7H,3H2,1-2H3. The molecular weight excluding hydrogens is 206 g/mol. The van der Waals surface area contributed by atoms with E-state index >= 15 is 0 Å². The molecule has 1 aromatic carbocycles. The Morgan fingerprint density at radius 3 is 2.75 bits per heavy atom. The predicted octanol–water partition coefficient (Wildman–Crippen LogP) is 1.86. The number of ether oxygens (including phenoxy) is 1. The van der Waals surface area contributed by atoms with Crippen molar-refractivity contribution in [1.29, 1.82) is 5.26 Å². The van der Waals surface area contributed by atoms with E-state index in [0.29, 0.717) is 17.4 Å². The molecule has 0 amide bonds. The van der Waals surface area contributed by atoms with Crippen LogP contribution in [0.25, 0.3) is 0 Å². The number of aldehydes is 1. The topological polar surface area (TPSA) is 67.2 Å². The summed E-state index contributed by atoms with van der Waals surface area (Å²) < 4.78 is 4.82. The molecule has 82 valence electrons. The summed E-state index contributed by atoms with van der Waals surface area (Å²) in [6.45, 7) is 3.64. The number of nitriles is 1. The lowest BCUT2D eigenvalue weighted by Gasteiger charge is -2.06. The van der Waals surface area contributed by atoms with Gasteiger partial charge in [-0.05, 0) is 31.5 Å². The van der Waals surface area contributed by atoms with Crippen molar-refractivity contribution in [2.24, 2.45) is 0 Å². The smallest absolute Gasteiger partial charge is 0.338 e. The molecule has 0 spiro atoms. The minimum Gasteiger partial charge on any atom is -0.462 e. The number of esters is 1. The first-order valence-electron chi connectivity index (χ1n) is 4.81. The number of carbonyl (C=O) groups is 2. The quantitative estimate of drug-likeness (QED) is 0.572. The number of nitrogens with zero attached hydrogens (tertiary/aromatic N) is 1. The Balaban J connectivity index is 3.29. The van der Waals surface area contributed by atoms with Crippen LogP contribution in [0, 0.1) is 18.3 Å². The summed E-state index contributed by atoms with van der Waals surface area (Å²) in [6.07, 6.45) is 0.548. The first kappa shape index (κ1) is 11.9. The van der Waals surface area contributed by atoms with Gasteiger partial charge < -0.3 is 4.74 Å². The van der Waals surface area contributed by atoms with Gasteiger partial charge in [0.15, 0.2) is 6.29 Å². The lowest BCUT2D eigenvalue weighted by atomic mass is 10.0. The lowest BCUT2D eigenvalue weighted by Crippen LogP contribution is -2.09. The lowest BCUT2D eigenvalue weighted by molar-refractivity contribution is 0.0524. The van der Waals surface area contributed by atoms with Crippen LogP contribution in [-0.4, -0.2) is 18.9 Å². The van der Waals surface area contributed by atoms with E-state index in [2.05, 4.69) is 0 Å². The molecule has 0 aliphatic rings. The second-order valence-electron chi connectivity index (χ2n) is 3.20. The summed E-state index contributed by atoms with van der Waals surface area (Å²) in [5.41, 5.74) is 1.42. The molecular formula is C12H11NO3. The second-order valence-corrected chi connectivity index (χ2v) is 3.20. The number of rotatable bonds is 3. The summed E-state index contributed by atoms with van der Waals surface area (Å²) >= 11 is 0. The molecule has 0 bridgehead atoms. The summed E-state index contributed by atoms with van der Waals surface area (Å²) in [5.74, 6) is -0.544. The highest BCUT2D eigenvalue weighted by molar-refractivity contribution is 5.98. The fraction of sp³-hybridized carbons (Fsp3) is 0.250. The van der Waals surface area contributed by atoms with Crippen molar-refractivity contribution >= 4 is 12.3 Å². The fourth-order valence-corrected chi connectivity index (χ4v) is 1.33. The van der Waals surface area contributed by atoms with Crippen molar-refractivity contribution in [3.05, 3.63) is 34.4 Å². The molecule has 1 rings (SSSR count). The molecule has 4 nitrogen and oxygen atoms in total. The molecule has 0 fully saturated rings. The first-order valence-corrected chi connectivity index (χ1v) is 4.81. The molecule has 0 N–H and O–H groups in total. The maximum Gasteiger partial charge on any atom is 0.338 e. The molecule has 0 aliphatic heterocycles. The first-order chi connectivity index (χ1) is 7.63. The van der Waals surface area contributed by atoms with E-state index in [1.807, 2.05) is 6.07 Å². The van der Waals surface area contributed by atoms with Crippen molar-refractivity contribution < 1.29 is 14.3 Å². The summed E-state index contributed by atoms with van der Waals surface area (Å²) in [7, 11) is 0. The van der Waals surface area contributed by atoms with Crippen LogP contribution in [0.15, 0.2) is 12.1 Å². The Bertz CT molecular complexity index is 472. The number of aryl methyl sites for hydroxylation is 1. The van der Waals surface area contributed by atoms with E-state index in [-0.39, 0.29) is 17.7 Å². The van der Waals surface area contributed by atoms with Crippen molar-refractivity contribution in [1.82, 2.24) is 0 Å². The highest BCUT2D eigenvalue weighted by Crippen LogP contribution is 2.15. The third-order valence-electron chi connectivity index (χ3n) is 2.14. The molecule has 0 unspecified atom stereocenters. The molecule has 1 aromatic rings. The van der Waals surface area contributed by atoms with Crippen molar-refractivity contribution in [2.75, 3.05) is 6.61 Å². The average molecular weight is 217 g/mol. The van der Waals surface area contributed by atoms with Crippen molar-refractivity contribution in [3.8, 4) is 6.07 Å². The number of hydrogen-bond donors (Lipinski definition) is 0. The zero-order valence-corrected chi connectivity index (χ0v) is 9.11. The summed E-state index contributed by atoms with van der Waals surface area (Å²) in [4.78, 5) is 22.3. The molecule has 0 heterocycles. The Morgan fingerprint density at radius 1 is 1.56 bits per heavy atom. The average Bonchev–Trinajstić information content (AvgIpc) is 2.29. The minimum absolute atomic E-state index is 0.181. The highest BCUT2D eigenvalue weighted by atomic mass is 16.5. The van der Waals surface area contributed by atoms with Gasteiger partial charge in [-0.1, -0.05) is 0 Å². The SMILES string of the molecule is CCOC(=O)c1cc(C)c(C#N)cc1C=O. The number of benzene rings is 1. The van der Waals surface area contributed by atoms with Crippen LogP contribution < -0.4 is 0 Å². The van der Waals surface area contributed by atoms with Crippen LogP contribution in [-0.2, 0) is 4.74 Å². The van der Waals surface area contributed by atoms with Crippen molar-refractivity contribution in [2.45, 2.75) is 13.8 Å². The molecule has 0 aromatic heterocycles. The Hall–Kier alpha value is -2.15. The van der Waals surface area contributed by atoms with E-state index < -0.39 is 5.97 Å². The van der Waals surface area contributed by atoms with Crippen molar-refractivity contribution in [3.63, 3.8) is 0 Å². The van der Waals surface area contributed by atoms with Crippen LogP contribution in [0.5, 0.6) is 0 Å².